The number of carbonyl (C=O) groups is 3. The monoisotopic (exact) mass is 745 g/mol. The van der Waals surface area contributed by atoms with Gasteiger partial charge < -0.3 is 19.9 Å². The number of nitrogens with one attached hydrogen (secondary N) is 1. The van der Waals surface area contributed by atoms with E-state index in [0.717, 1.165) is 22.9 Å². The van der Waals surface area contributed by atoms with Gasteiger partial charge in [0.2, 0.25) is 5.16 Å². The number of benzene rings is 1. The van der Waals surface area contributed by atoms with Gasteiger partial charge in [0.15, 0.2) is 11.6 Å². The maximum Gasteiger partial charge on any atom is 0.460 e. The van der Waals surface area contributed by atoms with Gasteiger partial charge >= 0.3 is 30.0 Å². The third-order valence-corrected chi connectivity index (χ3v) is 7.27. The minimum absolute atomic E-state index is 0.0158. The van der Waals surface area contributed by atoms with Gasteiger partial charge in [-0.05, 0) is 47.2 Å². The molecule has 2 N–H and O–H groups in total. The molecular formula is C26H23F8N7O8S. The molecule has 0 aliphatic heterocycles. The molecule has 3 aromatic rings. The molecular weight excluding hydrogens is 722 g/mol. The predicted octanol–water partition coefficient (Wildman–Crippen LogP) is 5.01. The summed E-state index contributed by atoms with van der Waals surface area (Å²) in [5.41, 5.74) is -3.34. The number of carboxylic acids is 1. The van der Waals surface area contributed by atoms with Crippen molar-refractivity contribution < 1.29 is 69.0 Å². The Morgan fingerprint density at radius 1 is 1.02 bits per heavy atom. The second-order valence-corrected chi connectivity index (χ2v) is 10.8. The molecule has 1 aromatic carbocycles. The molecule has 1 amide bonds. The molecule has 24 heteroatoms. The number of non-ortho nitro benzene ring substituents is 1. The number of nitro groups is 1. The average Bonchev–Trinajstić information content (AvgIpc) is 3.47. The van der Waals surface area contributed by atoms with E-state index in [0.29, 0.717) is 24.6 Å². The van der Waals surface area contributed by atoms with Gasteiger partial charge in [0.05, 0.1) is 17.0 Å². The highest BCUT2D eigenvalue weighted by Crippen LogP contribution is 2.51. The number of hydrogen-bond donors (Lipinski definition) is 2. The van der Waals surface area contributed by atoms with Crippen LogP contribution < -0.4 is 5.32 Å². The fraction of sp³-hybridized carbons (Fsp3) is 0.423. The minimum Gasteiger partial charge on any atom is -0.481 e. The predicted molar refractivity (Wildman–Crippen MR) is 150 cm³/mol. The van der Waals surface area contributed by atoms with E-state index < -0.39 is 69.2 Å². The minimum atomic E-state index is -6.71. The maximum absolute atomic E-state index is 14.6. The SMILES string of the molecule is O=C(O)CCCOCCCC(=O)OCCn1nnnc1Sc1ccc([N+](=O)[O-])cc1C(=O)Nc1ncc(C(F)(F)C(F)(F)C(F)(F)F)cc1F. The van der Waals surface area contributed by atoms with Gasteiger partial charge in [-0.25, -0.2) is 14.1 Å². The summed E-state index contributed by atoms with van der Waals surface area (Å²) in [6, 6.07) is 2.40. The first-order chi connectivity index (χ1) is 23.3. The Balaban J connectivity index is 1.69. The number of aliphatic carboxylic acids is 1. The number of hydrogen-bond acceptors (Lipinski definition) is 12. The zero-order chi connectivity index (χ0) is 37.3. The molecule has 0 atom stereocenters. The molecule has 2 heterocycles. The fourth-order valence-electron chi connectivity index (χ4n) is 3.71. The van der Waals surface area contributed by atoms with Crippen molar-refractivity contribution in [3.05, 3.63) is 57.5 Å². The molecule has 0 spiro atoms. The van der Waals surface area contributed by atoms with E-state index in [2.05, 4.69) is 20.5 Å². The van der Waals surface area contributed by atoms with Gasteiger partial charge in [-0.1, -0.05) is 0 Å². The molecule has 0 aliphatic carbocycles. The number of esters is 1. The van der Waals surface area contributed by atoms with Gasteiger partial charge in [-0.2, -0.15) is 30.7 Å². The van der Waals surface area contributed by atoms with Crippen LogP contribution in [-0.4, -0.2) is 85.0 Å². The summed E-state index contributed by atoms with van der Waals surface area (Å²) >= 11 is 0.652. The molecule has 2 aromatic heterocycles. The molecule has 0 bridgehead atoms. The zero-order valence-corrected chi connectivity index (χ0v) is 25.8. The molecule has 0 aliphatic rings. The Bertz CT molecular complexity index is 1710. The largest absolute Gasteiger partial charge is 0.481 e. The van der Waals surface area contributed by atoms with Crippen LogP contribution in [0.25, 0.3) is 0 Å². The number of carboxylic acid groups (broad SMARTS) is 1. The van der Waals surface area contributed by atoms with Crippen molar-refractivity contribution in [1.29, 1.82) is 0 Å². The molecule has 0 fully saturated rings. The number of anilines is 1. The van der Waals surface area contributed by atoms with Crippen LogP contribution in [0.15, 0.2) is 40.5 Å². The fourth-order valence-corrected chi connectivity index (χ4v) is 4.61. The highest BCUT2D eigenvalue weighted by molar-refractivity contribution is 7.99. The van der Waals surface area contributed by atoms with Gasteiger partial charge in [-0.3, -0.25) is 24.5 Å². The second kappa shape index (κ2) is 16.6. The number of halogens is 8. The van der Waals surface area contributed by atoms with Crippen molar-refractivity contribution in [2.45, 2.75) is 60.3 Å². The molecule has 272 valence electrons. The summed E-state index contributed by atoms with van der Waals surface area (Å²) in [6.45, 7) is 0.0678. The molecule has 0 saturated carbocycles. The number of ether oxygens (including phenoxy) is 2. The molecule has 0 saturated heterocycles. The Hall–Kier alpha value is -5.00. The summed E-state index contributed by atoms with van der Waals surface area (Å²) in [5.74, 6) is -18.6. The average molecular weight is 746 g/mol. The van der Waals surface area contributed by atoms with Crippen molar-refractivity contribution >= 4 is 41.1 Å². The van der Waals surface area contributed by atoms with Gasteiger partial charge in [-0.15, -0.1) is 5.10 Å². The van der Waals surface area contributed by atoms with E-state index in [1.165, 1.54) is 0 Å². The normalized spacial score (nSPS) is 12.1. The first kappa shape index (κ1) is 39.4. The van der Waals surface area contributed by atoms with Crippen LogP contribution in [0.2, 0.25) is 0 Å². The summed E-state index contributed by atoms with van der Waals surface area (Å²) in [7, 11) is 0. The number of nitrogens with zero attached hydrogens (tertiary/aromatic N) is 6. The van der Waals surface area contributed by atoms with E-state index in [1.54, 1.807) is 5.32 Å². The van der Waals surface area contributed by atoms with E-state index in [4.69, 9.17) is 14.6 Å². The third-order valence-electron chi connectivity index (χ3n) is 6.22. The van der Waals surface area contributed by atoms with Gasteiger partial charge in [0.1, 0.15) is 6.61 Å². The smallest absolute Gasteiger partial charge is 0.460 e. The Morgan fingerprint density at radius 3 is 2.32 bits per heavy atom. The quantitative estimate of drug-likeness (QED) is 0.0579. The standard InChI is InChI=1S/C26H23F8N7O8S/c27-17-11-14(24(28,29)25(30,31)26(32,33)34)13-35-21(17)36-22(45)16-12-15(41(46)47)5-6-18(16)50-23-37-38-39-40(23)7-10-49-20(44)4-2-9-48-8-1-3-19(42)43/h5-6,11-13H,1-4,7-10H2,(H,42,43)(H,35,36,45). The number of rotatable bonds is 18. The van der Waals surface area contributed by atoms with E-state index in [-0.39, 0.29) is 61.5 Å². The van der Waals surface area contributed by atoms with Crippen LogP contribution in [0.4, 0.5) is 46.6 Å². The van der Waals surface area contributed by atoms with Gasteiger partial charge in [0, 0.05) is 54.8 Å². The van der Waals surface area contributed by atoms with Crippen molar-refractivity contribution in [2.75, 3.05) is 25.1 Å². The summed E-state index contributed by atoms with van der Waals surface area (Å²) < 4.78 is 118. The highest BCUT2D eigenvalue weighted by atomic mass is 32.2. The third kappa shape index (κ3) is 10.0. The number of tetrazole rings is 1. The number of alkyl halides is 7. The molecule has 15 nitrogen and oxygen atoms in total. The van der Waals surface area contributed by atoms with Crippen molar-refractivity contribution in [3.8, 4) is 0 Å². The Kier molecular flexibility index (Phi) is 13.1. The number of aromatic nitrogens is 5. The summed E-state index contributed by atoms with van der Waals surface area (Å²) in [6.07, 6.45) is -6.37. The van der Waals surface area contributed by atoms with Crippen molar-refractivity contribution in [1.82, 2.24) is 25.2 Å². The molecule has 3 rings (SSSR count). The lowest BCUT2D eigenvalue weighted by Crippen LogP contribution is -2.50. The summed E-state index contributed by atoms with van der Waals surface area (Å²) in [4.78, 5) is 48.9. The van der Waals surface area contributed by atoms with Gasteiger partial charge in [0.25, 0.3) is 11.6 Å². The topological polar surface area (TPSA) is 202 Å². The first-order valence-electron chi connectivity index (χ1n) is 13.8. The lowest BCUT2D eigenvalue weighted by atomic mass is 10.0. The molecule has 0 unspecified atom stereocenters. The second-order valence-electron chi connectivity index (χ2n) is 9.81. The van der Waals surface area contributed by atoms with Crippen molar-refractivity contribution in [3.63, 3.8) is 0 Å². The lowest BCUT2D eigenvalue weighted by Gasteiger charge is -2.28. The molecule has 50 heavy (non-hydrogen) atoms. The maximum atomic E-state index is 14.6. The highest BCUT2D eigenvalue weighted by Gasteiger charge is 2.73. The number of nitro benzene ring substituents is 1. The van der Waals surface area contributed by atoms with Crippen LogP contribution in [0.1, 0.15) is 41.6 Å². The van der Waals surface area contributed by atoms with E-state index in [1.807, 2.05) is 0 Å². The molecule has 0 radical (unpaired) electrons. The van der Waals surface area contributed by atoms with Crippen LogP contribution in [0.5, 0.6) is 0 Å². The Morgan fingerprint density at radius 2 is 1.70 bits per heavy atom. The summed E-state index contributed by atoms with van der Waals surface area (Å²) in [5, 5.41) is 32.6. The van der Waals surface area contributed by atoms with Crippen LogP contribution >= 0.6 is 11.8 Å². The van der Waals surface area contributed by atoms with Crippen LogP contribution in [-0.2, 0) is 31.5 Å². The van der Waals surface area contributed by atoms with Crippen molar-refractivity contribution in [2.24, 2.45) is 0 Å². The number of amides is 1. The van der Waals surface area contributed by atoms with E-state index >= 15 is 0 Å². The first-order valence-corrected chi connectivity index (χ1v) is 14.6. The zero-order valence-electron chi connectivity index (χ0n) is 25.0. The van der Waals surface area contributed by atoms with Crippen LogP contribution in [0.3, 0.4) is 0 Å². The Labute approximate surface area is 278 Å². The number of carbonyl (C=O) groups excluding carboxylic acids is 2. The van der Waals surface area contributed by atoms with Crippen LogP contribution in [0, 0.1) is 15.9 Å². The van der Waals surface area contributed by atoms with E-state index in [9.17, 15) is 59.6 Å². The number of pyridine rings is 1. The lowest BCUT2D eigenvalue weighted by molar-refractivity contribution is -0.384.